The highest BCUT2D eigenvalue weighted by Crippen LogP contribution is 2.23. The van der Waals surface area contributed by atoms with E-state index >= 15 is 0 Å². The molecule has 0 aromatic carbocycles. The molecule has 1 aromatic heterocycles. The lowest BCUT2D eigenvalue weighted by Crippen LogP contribution is -2.24. The van der Waals surface area contributed by atoms with Crippen LogP contribution in [0.2, 0.25) is 0 Å². The fourth-order valence-electron chi connectivity index (χ4n) is 1.14. The lowest BCUT2D eigenvalue weighted by Gasteiger charge is -2.14. The maximum Gasteiger partial charge on any atom is 0.107 e. The number of rotatable bonds is 4. The Morgan fingerprint density at radius 1 is 1.47 bits per heavy atom. The van der Waals surface area contributed by atoms with E-state index < -0.39 is 0 Å². The molecule has 1 atom stereocenters. The van der Waals surface area contributed by atoms with E-state index in [1.807, 2.05) is 0 Å². The Morgan fingerprint density at radius 2 is 2.13 bits per heavy atom. The van der Waals surface area contributed by atoms with Crippen molar-refractivity contribution in [1.29, 1.82) is 0 Å². The fourth-order valence-corrected chi connectivity index (χ4v) is 2.11. The summed E-state index contributed by atoms with van der Waals surface area (Å²) in [6.07, 6.45) is 1.16. The summed E-state index contributed by atoms with van der Waals surface area (Å²) in [4.78, 5) is 4.64. The van der Waals surface area contributed by atoms with Crippen molar-refractivity contribution in [1.82, 2.24) is 10.3 Å². The van der Waals surface area contributed by atoms with Gasteiger partial charge in [-0.1, -0.05) is 27.7 Å². The second-order valence-corrected chi connectivity index (χ2v) is 6.01. The van der Waals surface area contributed by atoms with Gasteiger partial charge in [-0.2, -0.15) is 0 Å². The summed E-state index contributed by atoms with van der Waals surface area (Å²) in [5.41, 5.74) is 1.37. The van der Waals surface area contributed by atoms with Gasteiger partial charge in [-0.05, 0) is 13.3 Å². The van der Waals surface area contributed by atoms with E-state index in [0.717, 1.165) is 13.0 Å². The number of nitrogens with one attached hydrogen (secondary N) is 1. The number of hydrogen-bond acceptors (Lipinski definition) is 3. The van der Waals surface area contributed by atoms with Crippen LogP contribution in [0.25, 0.3) is 0 Å². The molecule has 1 heterocycles. The predicted octanol–water partition coefficient (Wildman–Crippen LogP) is 3.33. The molecular weight excluding hydrogens is 204 g/mol. The Labute approximate surface area is 97.1 Å². The van der Waals surface area contributed by atoms with Crippen LogP contribution in [0.3, 0.4) is 0 Å². The molecule has 1 unspecified atom stereocenters. The van der Waals surface area contributed by atoms with Crippen LogP contribution in [0, 0.1) is 0 Å². The standard InChI is InChI=1S/C12H22N2S/c1-6-9(2)13-7-11-14-10(8-15-11)12(3,4)5/h8-9,13H,6-7H2,1-5H3. The van der Waals surface area contributed by atoms with Gasteiger partial charge in [0.05, 0.1) is 5.69 Å². The van der Waals surface area contributed by atoms with Crippen molar-refractivity contribution in [3.05, 3.63) is 16.1 Å². The summed E-state index contributed by atoms with van der Waals surface area (Å²) in [6, 6.07) is 0.576. The minimum absolute atomic E-state index is 0.172. The van der Waals surface area contributed by atoms with Gasteiger partial charge in [-0.15, -0.1) is 11.3 Å². The van der Waals surface area contributed by atoms with Gasteiger partial charge in [-0.3, -0.25) is 0 Å². The van der Waals surface area contributed by atoms with Gasteiger partial charge >= 0.3 is 0 Å². The summed E-state index contributed by atoms with van der Waals surface area (Å²) in [5, 5.41) is 6.83. The molecule has 0 amide bonds. The van der Waals surface area contributed by atoms with Gasteiger partial charge in [0.2, 0.25) is 0 Å². The minimum atomic E-state index is 0.172. The molecule has 0 saturated carbocycles. The van der Waals surface area contributed by atoms with Gasteiger partial charge in [0.25, 0.3) is 0 Å². The molecule has 3 heteroatoms. The molecule has 0 aliphatic rings. The van der Waals surface area contributed by atoms with E-state index in [1.165, 1.54) is 10.7 Å². The fraction of sp³-hybridized carbons (Fsp3) is 0.750. The monoisotopic (exact) mass is 226 g/mol. The van der Waals surface area contributed by atoms with Crippen molar-refractivity contribution in [3.8, 4) is 0 Å². The highest BCUT2D eigenvalue weighted by atomic mass is 32.1. The first kappa shape index (κ1) is 12.7. The Kier molecular flexibility index (Phi) is 4.29. The highest BCUT2D eigenvalue weighted by Gasteiger charge is 2.17. The van der Waals surface area contributed by atoms with Crippen LogP contribution in [-0.4, -0.2) is 11.0 Å². The normalized spacial score (nSPS) is 14.2. The lowest BCUT2D eigenvalue weighted by molar-refractivity contribution is 0.527. The second-order valence-electron chi connectivity index (χ2n) is 5.07. The zero-order valence-corrected chi connectivity index (χ0v) is 11.2. The molecule has 1 aromatic rings. The Morgan fingerprint density at radius 3 is 2.60 bits per heavy atom. The second kappa shape index (κ2) is 5.08. The summed E-state index contributed by atoms with van der Waals surface area (Å²) in [7, 11) is 0. The molecule has 0 spiro atoms. The van der Waals surface area contributed by atoms with Crippen LogP contribution in [0.15, 0.2) is 5.38 Å². The largest absolute Gasteiger partial charge is 0.308 e. The van der Waals surface area contributed by atoms with Gasteiger partial charge in [0.15, 0.2) is 0 Å². The average molecular weight is 226 g/mol. The van der Waals surface area contributed by atoms with Crippen LogP contribution < -0.4 is 5.32 Å². The topological polar surface area (TPSA) is 24.9 Å². The molecule has 0 bridgehead atoms. The van der Waals surface area contributed by atoms with E-state index in [9.17, 15) is 0 Å². The van der Waals surface area contributed by atoms with Gasteiger partial charge in [-0.25, -0.2) is 4.98 Å². The minimum Gasteiger partial charge on any atom is -0.308 e. The summed E-state index contributed by atoms with van der Waals surface area (Å²) in [5.74, 6) is 0. The number of aromatic nitrogens is 1. The van der Waals surface area contributed by atoms with Gasteiger partial charge in [0, 0.05) is 23.4 Å². The van der Waals surface area contributed by atoms with Gasteiger partial charge < -0.3 is 5.32 Å². The first-order valence-corrected chi connectivity index (χ1v) is 6.49. The maximum atomic E-state index is 4.64. The van der Waals surface area contributed by atoms with E-state index in [0.29, 0.717) is 6.04 Å². The molecule has 0 fully saturated rings. The van der Waals surface area contributed by atoms with Crippen LogP contribution >= 0.6 is 11.3 Å². The van der Waals surface area contributed by atoms with Crippen LogP contribution in [0.4, 0.5) is 0 Å². The quantitative estimate of drug-likeness (QED) is 0.852. The molecule has 0 radical (unpaired) electrons. The van der Waals surface area contributed by atoms with E-state index in [1.54, 1.807) is 11.3 Å². The van der Waals surface area contributed by atoms with E-state index in [4.69, 9.17) is 0 Å². The maximum absolute atomic E-state index is 4.64. The molecule has 1 N–H and O–H groups in total. The molecular formula is C12H22N2S. The highest BCUT2D eigenvalue weighted by molar-refractivity contribution is 7.09. The number of hydrogen-bond donors (Lipinski definition) is 1. The summed E-state index contributed by atoms with van der Waals surface area (Å²) < 4.78 is 0. The number of thiazole rings is 1. The molecule has 0 saturated heterocycles. The third-order valence-electron chi connectivity index (χ3n) is 2.53. The smallest absolute Gasteiger partial charge is 0.107 e. The number of nitrogens with zero attached hydrogens (tertiary/aromatic N) is 1. The molecule has 15 heavy (non-hydrogen) atoms. The van der Waals surface area contributed by atoms with Crippen molar-refractivity contribution < 1.29 is 0 Å². The van der Waals surface area contributed by atoms with Crippen molar-refractivity contribution in [2.75, 3.05) is 0 Å². The van der Waals surface area contributed by atoms with E-state index in [2.05, 4.69) is 50.3 Å². The molecule has 0 aliphatic heterocycles. The Balaban J connectivity index is 2.54. The van der Waals surface area contributed by atoms with E-state index in [-0.39, 0.29) is 5.41 Å². The third-order valence-corrected chi connectivity index (χ3v) is 3.38. The summed E-state index contributed by atoms with van der Waals surface area (Å²) in [6.45, 7) is 11.9. The first-order valence-electron chi connectivity index (χ1n) is 5.61. The molecule has 86 valence electrons. The van der Waals surface area contributed by atoms with Crippen molar-refractivity contribution >= 4 is 11.3 Å². The lowest BCUT2D eigenvalue weighted by atomic mass is 9.93. The van der Waals surface area contributed by atoms with Crippen LogP contribution in [-0.2, 0) is 12.0 Å². The molecule has 1 rings (SSSR count). The van der Waals surface area contributed by atoms with Crippen molar-refractivity contribution in [2.45, 2.75) is 59.0 Å². The molecule has 2 nitrogen and oxygen atoms in total. The van der Waals surface area contributed by atoms with Crippen LogP contribution in [0.5, 0.6) is 0 Å². The first-order chi connectivity index (χ1) is 6.93. The average Bonchev–Trinajstić information content (AvgIpc) is 2.61. The van der Waals surface area contributed by atoms with Crippen molar-refractivity contribution in [3.63, 3.8) is 0 Å². The third kappa shape index (κ3) is 3.92. The van der Waals surface area contributed by atoms with Gasteiger partial charge in [0.1, 0.15) is 5.01 Å². The zero-order chi connectivity index (χ0) is 11.5. The Hall–Kier alpha value is -0.410. The Bertz CT molecular complexity index is 299. The summed E-state index contributed by atoms with van der Waals surface area (Å²) >= 11 is 1.76. The SMILES string of the molecule is CCC(C)NCc1nc(C(C)(C)C)cs1. The predicted molar refractivity (Wildman–Crippen MR) is 67.4 cm³/mol. The zero-order valence-electron chi connectivity index (χ0n) is 10.4. The van der Waals surface area contributed by atoms with Crippen molar-refractivity contribution in [2.24, 2.45) is 0 Å². The van der Waals surface area contributed by atoms with Crippen LogP contribution in [0.1, 0.15) is 51.7 Å². The molecule has 0 aliphatic carbocycles.